The Labute approximate surface area is 158 Å². The summed E-state index contributed by atoms with van der Waals surface area (Å²) in [6.45, 7) is 8.96. The quantitative estimate of drug-likeness (QED) is 0.692. The number of morpholine rings is 1. The van der Waals surface area contributed by atoms with E-state index in [-0.39, 0.29) is 18.1 Å². The molecular formula is C21H23N3O3. The van der Waals surface area contributed by atoms with E-state index in [1.807, 2.05) is 62.9 Å². The fraction of sp³-hybridized carbons (Fsp3) is 0.381. The number of nitrogens with zero attached hydrogens (tertiary/aromatic N) is 3. The lowest BCUT2D eigenvalue weighted by Gasteiger charge is -2.37. The molecule has 2 aromatic heterocycles. The highest BCUT2D eigenvalue weighted by Crippen LogP contribution is 2.29. The molecule has 3 heterocycles. The summed E-state index contributed by atoms with van der Waals surface area (Å²) in [6, 6.07) is 9.92. The van der Waals surface area contributed by atoms with Crippen molar-refractivity contribution in [1.82, 2.24) is 15.0 Å². The Kier molecular flexibility index (Phi) is 4.44. The molecule has 2 atom stereocenters. The number of ether oxygens (including phenoxy) is 1. The average Bonchev–Trinajstić information content (AvgIpc) is 3.04. The van der Waals surface area contributed by atoms with Crippen LogP contribution >= 0.6 is 0 Å². The normalized spacial score (nSPS) is 20.2. The monoisotopic (exact) mass is 365 g/mol. The van der Waals surface area contributed by atoms with Crippen molar-refractivity contribution in [3.63, 3.8) is 0 Å². The molecular weight excluding hydrogens is 342 g/mol. The number of rotatable bonds is 2. The van der Waals surface area contributed by atoms with Crippen LogP contribution in [0.25, 0.3) is 22.4 Å². The van der Waals surface area contributed by atoms with Crippen molar-refractivity contribution in [2.24, 2.45) is 0 Å². The molecule has 3 aromatic rings. The molecule has 0 aliphatic carbocycles. The molecule has 27 heavy (non-hydrogen) atoms. The third kappa shape index (κ3) is 3.21. The van der Waals surface area contributed by atoms with Crippen molar-refractivity contribution in [1.29, 1.82) is 0 Å². The molecule has 2 unspecified atom stereocenters. The zero-order chi connectivity index (χ0) is 19.1. The van der Waals surface area contributed by atoms with Crippen LogP contribution in [0, 0.1) is 13.8 Å². The third-order valence-corrected chi connectivity index (χ3v) is 5.06. The molecule has 0 saturated carbocycles. The van der Waals surface area contributed by atoms with Crippen molar-refractivity contribution in [2.75, 3.05) is 13.2 Å². The van der Waals surface area contributed by atoms with Gasteiger partial charge in [-0.25, -0.2) is 4.98 Å². The molecule has 0 N–H and O–H groups in total. The Morgan fingerprint density at radius 1 is 1.19 bits per heavy atom. The van der Waals surface area contributed by atoms with Crippen LogP contribution in [0.2, 0.25) is 0 Å². The second kappa shape index (κ2) is 6.78. The minimum atomic E-state index is -0.0373. The Hall–Kier alpha value is -2.73. The van der Waals surface area contributed by atoms with Crippen LogP contribution in [0.4, 0.5) is 0 Å². The SMILES string of the molecule is Cc1ccc(-c2cc(C(=O)N3CC(C)OCC3C)c3c(C)noc3n2)cc1. The molecule has 1 amide bonds. The van der Waals surface area contributed by atoms with Gasteiger partial charge in [0, 0.05) is 12.1 Å². The van der Waals surface area contributed by atoms with Gasteiger partial charge in [0.1, 0.15) is 0 Å². The molecule has 1 aliphatic heterocycles. The predicted octanol–water partition coefficient (Wildman–Crippen LogP) is 3.76. The Balaban J connectivity index is 1.84. The van der Waals surface area contributed by atoms with E-state index in [4.69, 9.17) is 9.26 Å². The lowest BCUT2D eigenvalue weighted by Crippen LogP contribution is -2.50. The minimum Gasteiger partial charge on any atom is -0.375 e. The van der Waals surface area contributed by atoms with Crippen molar-refractivity contribution in [3.05, 3.63) is 47.2 Å². The summed E-state index contributed by atoms with van der Waals surface area (Å²) in [7, 11) is 0. The van der Waals surface area contributed by atoms with Gasteiger partial charge >= 0.3 is 0 Å². The van der Waals surface area contributed by atoms with Crippen molar-refractivity contribution in [3.8, 4) is 11.3 Å². The number of aromatic nitrogens is 2. The number of aryl methyl sites for hydroxylation is 2. The Morgan fingerprint density at radius 3 is 2.67 bits per heavy atom. The third-order valence-electron chi connectivity index (χ3n) is 5.06. The molecule has 1 saturated heterocycles. The van der Waals surface area contributed by atoms with Gasteiger partial charge in [-0.05, 0) is 33.8 Å². The zero-order valence-corrected chi connectivity index (χ0v) is 16.0. The largest absolute Gasteiger partial charge is 0.375 e. The van der Waals surface area contributed by atoms with Gasteiger partial charge < -0.3 is 14.2 Å². The van der Waals surface area contributed by atoms with Crippen LogP contribution < -0.4 is 0 Å². The summed E-state index contributed by atoms with van der Waals surface area (Å²) in [5, 5.41) is 4.72. The molecule has 0 spiro atoms. The molecule has 1 aromatic carbocycles. The lowest BCUT2D eigenvalue weighted by atomic mass is 10.0. The van der Waals surface area contributed by atoms with Gasteiger partial charge in [-0.3, -0.25) is 4.79 Å². The van der Waals surface area contributed by atoms with E-state index in [0.29, 0.717) is 41.2 Å². The highest BCUT2D eigenvalue weighted by atomic mass is 16.5. The molecule has 4 rings (SSSR count). The maximum atomic E-state index is 13.4. The first-order valence-electron chi connectivity index (χ1n) is 9.20. The van der Waals surface area contributed by atoms with E-state index in [9.17, 15) is 4.79 Å². The highest BCUT2D eigenvalue weighted by Gasteiger charge is 2.30. The van der Waals surface area contributed by atoms with E-state index < -0.39 is 0 Å². The fourth-order valence-electron chi connectivity index (χ4n) is 3.48. The number of fused-ring (bicyclic) bond motifs is 1. The van der Waals surface area contributed by atoms with Crippen LogP contribution in [0.15, 0.2) is 34.9 Å². The Bertz CT molecular complexity index is 994. The topological polar surface area (TPSA) is 68.5 Å². The van der Waals surface area contributed by atoms with Crippen LogP contribution in [0.3, 0.4) is 0 Å². The van der Waals surface area contributed by atoms with Gasteiger partial charge in [0.05, 0.1) is 41.1 Å². The first kappa shape index (κ1) is 17.7. The lowest BCUT2D eigenvalue weighted by molar-refractivity contribution is -0.0386. The molecule has 140 valence electrons. The first-order valence-corrected chi connectivity index (χ1v) is 9.20. The van der Waals surface area contributed by atoms with E-state index in [2.05, 4.69) is 10.1 Å². The second-order valence-corrected chi connectivity index (χ2v) is 7.32. The number of hydrogen-bond acceptors (Lipinski definition) is 5. The van der Waals surface area contributed by atoms with Crippen molar-refractivity contribution < 1.29 is 14.1 Å². The number of benzene rings is 1. The van der Waals surface area contributed by atoms with E-state index in [1.54, 1.807) is 0 Å². The summed E-state index contributed by atoms with van der Waals surface area (Å²) in [5.74, 6) is -0.0373. The van der Waals surface area contributed by atoms with Gasteiger partial charge in [-0.15, -0.1) is 0 Å². The van der Waals surface area contributed by atoms with Gasteiger partial charge in [0.2, 0.25) is 0 Å². The predicted molar refractivity (Wildman–Crippen MR) is 103 cm³/mol. The number of hydrogen-bond donors (Lipinski definition) is 0. The number of carbonyl (C=O) groups excluding carboxylic acids is 1. The average molecular weight is 365 g/mol. The number of carbonyl (C=O) groups is 1. The zero-order valence-electron chi connectivity index (χ0n) is 16.0. The Morgan fingerprint density at radius 2 is 1.93 bits per heavy atom. The summed E-state index contributed by atoms with van der Waals surface area (Å²) >= 11 is 0. The van der Waals surface area contributed by atoms with Crippen molar-refractivity contribution in [2.45, 2.75) is 39.8 Å². The van der Waals surface area contributed by atoms with Crippen LogP contribution in [0.5, 0.6) is 0 Å². The number of amides is 1. The fourth-order valence-corrected chi connectivity index (χ4v) is 3.48. The molecule has 6 nitrogen and oxygen atoms in total. The summed E-state index contributed by atoms with van der Waals surface area (Å²) in [6.07, 6.45) is 0.0163. The molecule has 0 radical (unpaired) electrons. The highest BCUT2D eigenvalue weighted by molar-refractivity contribution is 6.07. The standard InChI is InChI=1S/C21H23N3O3/c1-12-5-7-16(8-6-12)18-9-17(19-15(4)23-27-20(19)22-18)21(25)24-10-14(3)26-11-13(24)2/h5-9,13-14H,10-11H2,1-4H3. The maximum Gasteiger partial charge on any atom is 0.259 e. The maximum absolute atomic E-state index is 13.4. The smallest absolute Gasteiger partial charge is 0.259 e. The summed E-state index contributed by atoms with van der Waals surface area (Å²) < 4.78 is 11.1. The molecule has 0 bridgehead atoms. The van der Waals surface area contributed by atoms with E-state index >= 15 is 0 Å². The van der Waals surface area contributed by atoms with Crippen LogP contribution in [-0.4, -0.2) is 46.2 Å². The van der Waals surface area contributed by atoms with Gasteiger partial charge in [0.25, 0.3) is 11.6 Å². The first-order chi connectivity index (χ1) is 12.9. The second-order valence-electron chi connectivity index (χ2n) is 7.32. The summed E-state index contributed by atoms with van der Waals surface area (Å²) in [5.41, 5.74) is 4.45. The number of pyridine rings is 1. The molecule has 1 fully saturated rings. The molecule has 1 aliphatic rings. The van der Waals surface area contributed by atoms with Crippen molar-refractivity contribution >= 4 is 17.0 Å². The van der Waals surface area contributed by atoms with E-state index in [0.717, 1.165) is 5.56 Å². The minimum absolute atomic E-state index is 0.0138. The van der Waals surface area contributed by atoms with Crippen LogP contribution in [0.1, 0.15) is 35.5 Å². The van der Waals surface area contributed by atoms with Gasteiger partial charge in [-0.2, -0.15) is 0 Å². The van der Waals surface area contributed by atoms with Gasteiger partial charge in [0.15, 0.2) is 0 Å². The molecule has 6 heteroatoms. The van der Waals surface area contributed by atoms with E-state index in [1.165, 1.54) is 5.56 Å². The van der Waals surface area contributed by atoms with Gasteiger partial charge in [-0.1, -0.05) is 35.0 Å². The van der Waals surface area contributed by atoms with Crippen LogP contribution in [-0.2, 0) is 4.74 Å². The summed E-state index contributed by atoms with van der Waals surface area (Å²) in [4.78, 5) is 19.9.